The van der Waals surface area contributed by atoms with Gasteiger partial charge >= 0.3 is 0 Å². The molecule has 0 spiro atoms. The van der Waals surface area contributed by atoms with Crippen LogP contribution in [0.2, 0.25) is 0 Å². The van der Waals surface area contributed by atoms with Crippen molar-refractivity contribution >= 4 is 5.91 Å². The number of nitrogens with zero attached hydrogens (tertiary/aromatic N) is 1. The fraction of sp³-hybridized carbons (Fsp3) is 0.438. The maximum absolute atomic E-state index is 12.5. The molecule has 0 aliphatic heterocycles. The Bertz CT molecular complexity index is 553. The van der Waals surface area contributed by atoms with Crippen molar-refractivity contribution in [1.29, 1.82) is 0 Å². The summed E-state index contributed by atoms with van der Waals surface area (Å²) in [7, 11) is 0. The number of hydrogen-bond donors (Lipinski definition) is 2. The number of aliphatic hydroxyl groups is 1. The molecule has 106 valence electrons. The second-order valence-corrected chi connectivity index (χ2v) is 4.99. The average Bonchev–Trinajstić information content (AvgIpc) is 3.27. The van der Waals surface area contributed by atoms with E-state index in [2.05, 4.69) is 11.8 Å². The lowest BCUT2D eigenvalue weighted by molar-refractivity contribution is 0.0707. The minimum atomic E-state index is -0.0111. The van der Waals surface area contributed by atoms with Crippen molar-refractivity contribution in [3.8, 4) is 11.8 Å². The van der Waals surface area contributed by atoms with Gasteiger partial charge in [-0.1, -0.05) is 11.8 Å². The quantitative estimate of drug-likeness (QED) is 0.800. The Morgan fingerprint density at radius 1 is 1.50 bits per heavy atom. The van der Waals surface area contributed by atoms with Crippen molar-refractivity contribution in [3.63, 3.8) is 0 Å². The highest BCUT2D eigenvalue weighted by Crippen LogP contribution is 2.28. The number of carbonyl (C=O) groups is 1. The van der Waals surface area contributed by atoms with Crippen molar-refractivity contribution in [2.24, 2.45) is 5.73 Å². The molecule has 1 saturated carbocycles. The Kier molecular flexibility index (Phi) is 4.78. The van der Waals surface area contributed by atoms with E-state index < -0.39 is 0 Å². The molecule has 1 aromatic rings. The second kappa shape index (κ2) is 6.56. The molecule has 0 unspecified atom stereocenters. The number of hydrogen-bond acceptors (Lipinski definition) is 3. The average molecular weight is 272 g/mol. The number of amides is 1. The molecule has 0 saturated heterocycles. The van der Waals surface area contributed by atoms with E-state index in [0.717, 1.165) is 24.0 Å². The van der Waals surface area contributed by atoms with Gasteiger partial charge in [-0.05, 0) is 43.5 Å². The maximum atomic E-state index is 12.5. The summed E-state index contributed by atoms with van der Waals surface area (Å²) < 4.78 is 0. The Labute approximate surface area is 119 Å². The fourth-order valence-corrected chi connectivity index (χ4v) is 2.19. The number of carbonyl (C=O) groups excluding carboxylic acids is 1. The van der Waals surface area contributed by atoms with Crippen molar-refractivity contribution in [2.45, 2.75) is 25.8 Å². The Hall–Kier alpha value is -1.83. The molecule has 1 aliphatic rings. The molecule has 0 aromatic heterocycles. The van der Waals surface area contributed by atoms with Crippen LogP contribution in [0.25, 0.3) is 0 Å². The standard InChI is InChI=1S/C16H20N2O2/c1-12-11-14(5-4-13(12)3-2-8-17)16(20)18(9-10-19)15-6-7-15/h4-5,11,15,19H,6-10,17H2,1H3. The topological polar surface area (TPSA) is 66.6 Å². The van der Waals surface area contributed by atoms with Crippen LogP contribution in [0.1, 0.15) is 34.3 Å². The van der Waals surface area contributed by atoms with Gasteiger partial charge in [0.2, 0.25) is 0 Å². The van der Waals surface area contributed by atoms with Crippen LogP contribution in [0, 0.1) is 18.8 Å². The summed E-state index contributed by atoms with van der Waals surface area (Å²) >= 11 is 0. The van der Waals surface area contributed by atoms with Crippen LogP contribution < -0.4 is 5.73 Å². The first kappa shape index (κ1) is 14.6. The van der Waals surface area contributed by atoms with Gasteiger partial charge in [0.05, 0.1) is 13.2 Å². The second-order valence-electron chi connectivity index (χ2n) is 4.99. The Morgan fingerprint density at radius 3 is 2.80 bits per heavy atom. The third kappa shape index (κ3) is 3.38. The van der Waals surface area contributed by atoms with Crippen molar-refractivity contribution in [2.75, 3.05) is 19.7 Å². The lowest BCUT2D eigenvalue weighted by atomic mass is 10.0. The summed E-state index contributed by atoms with van der Waals surface area (Å²) in [6.07, 6.45) is 2.07. The molecule has 3 N–H and O–H groups in total. The van der Waals surface area contributed by atoms with Gasteiger partial charge in [-0.25, -0.2) is 0 Å². The van der Waals surface area contributed by atoms with Gasteiger partial charge in [0.1, 0.15) is 0 Å². The lowest BCUT2D eigenvalue weighted by Crippen LogP contribution is -2.35. The number of rotatable bonds is 4. The summed E-state index contributed by atoms with van der Waals surface area (Å²) in [5.41, 5.74) is 7.88. The van der Waals surface area contributed by atoms with Gasteiger partial charge in [-0.3, -0.25) is 4.79 Å². The molecular weight excluding hydrogens is 252 g/mol. The molecule has 2 rings (SSSR count). The van der Waals surface area contributed by atoms with Crippen molar-refractivity contribution in [1.82, 2.24) is 4.90 Å². The minimum Gasteiger partial charge on any atom is -0.395 e. The fourth-order valence-electron chi connectivity index (χ4n) is 2.19. The van der Waals surface area contributed by atoms with Crippen LogP contribution in [0.4, 0.5) is 0 Å². The van der Waals surface area contributed by atoms with Gasteiger partial charge in [0, 0.05) is 23.7 Å². The summed E-state index contributed by atoms with van der Waals surface area (Å²) in [6.45, 7) is 2.66. The zero-order chi connectivity index (χ0) is 14.5. The molecule has 0 bridgehead atoms. The largest absolute Gasteiger partial charge is 0.395 e. The molecule has 4 nitrogen and oxygen atoms in total. The highest BCUT2D eigenvalue weighted by Gasteiger charge is 2.32. The number of benzene rings is 1. The maximum Gasteiger partial charge on any atom is 0.254 e. The lowest BCUT2D eigenvalue weighted by Gasteiger charge is -2.21. The Morgan fingerprint density at radius 2 is 2.25 bits per heavy atom. The third-order valence-electron chi connectivity index (χ3n) is 3.39. The number of aliphatic hydroxyl groups excluding tert-OH is 1. The highest BCUT2D eigenvalue weighted by atomic mass is 16.3. The van der Waals surface area contributed by atoms with Gasteiger partial charge in [0.15, 0.2) is 0 Å². The van der Waals surface area contributed by atoms with Crippen LogP contribution >= 0.6 is 0 Å². The molecule has 0 atom stereocenters. The van der Waals surface area contributed by atoms with Crippen molar-refractivity contribution < 1.29 is 9.90 Å². The summed E-state index contributed by atoms with van der Waals surface area (Å²) in [5, 5.41) is 9.08. The molecule has 0 radical (unpaired) electrons. The normalized spacial score (nSPS) is 13.6. The van der Waals surface area contributed by atoms with E-state index in [9.17, 15) is 4.79 Å². The summed E-state index contributed by atoms with van der Waals surface area (Å²) in [5.74, 6) is 5.79. The SMILES string of the molecule is Cc1cc(C(=O)N(CCO)C2CC2)ccc1C#CCN. The molecule has 1 aliphatic carbocycles. The number of nitrogens with two attached hydrogens (primary N) is 1. The smallest absolute Gasteiger partial charge is 0.254 e. The first-order chi connectivity index (χ1) is 9.67. The van der Waals surface area contributed by atoms with E-state index in [-0.39, 0.29) is 12.5 Å². The van der Waals surface area contributed by atoms with Gasteiger partial charge in [-0.15, -0.1) is 0 Å². The van der Waals surface area contributed by atoms with E-state index in [0.29, 0.717) is 24.7 Å². The molecule has 1 fully saturated rings. The van der Waals surface area contributed by atoms with E-state index >= 15 is 0 Å². The minimum absolute atomic E-state index is 0.00127. The first-order valence-electron chi connectivity index (χ1n) is 6.88. The zero-order valence-electron chi connectivity index (χ0n) is 11.7. The van der Waals surface area contributed by atoms with Crippen molar-refractivity contribution in [3.05, 3.63) is 34.9 Å². The third-order valence-corrected chi connectivity index (χ3v) is 3.39. The van der Waals surface area contributed by atoms with Crippen LogP contribution in [0.3, 0.4) is 0 Å². The summed E-state index contributed by atoms with van der Waals surface area (Å²) in [4.78, 5) is 14.2. The molecule has 0 heterocycles. The van der Waals surface area contributed by atoms with E-state index in [4.69, 9.17) is 10.8 Å². The predicted molar refractivity (Wildman–Crippen MR) is 78.3 cm³/mol. The predicted octanol–water partition coefficient (Wildman–Crippen LogP) is 0.902. The summed E-state index contributed by atoms with van der Waals surface area (Å²) in [6, 6.07) is 5.81. The van der Waals surface area contributed by atoms with Gasteiger partial charge in [0.25, 0.3) is 5.91 Å². The molecule has 1 aromatic carbocycles. The molecule has 4 heteroatoms. The molecule has 1 amide bonds. The monoisotopic (exact) mass is 272 g/mol. The van der Waals surface area contributed by atoms with Gasteiger partial charge < -0.3 is 15.7 Å². The van der Waals surface area contributed by atoms with E-state index in [1.165, 1.54) is 0 Å². The van der Waals surface area contributed by atoms with Crippen LogP contribution in [-0.4, -0.2) is 41.7 Å². The van der Waals surface area contributed by atoms with Crippen LogP contribution in [0.5, 0.6) is 0 Å². The Balaban J connectivity index is 2.19. The highest BCUT2D eigenvalue weighted by molar-refractivity contribution is 5.95. The van der Waals surface area contributed by atoms with Crippen LogP contribution in [-0.2, 0) is 0 Å². The van der Waals surface area contributed by atoms with Gasteiger partial charge in [-0.2, -0.15) is 0 Å². The van der Waals surface area contributed by atoms with E-state index in [1.807, 2.05) is 19.1 Å². The van der Waals surface area contributed by atoms with E-state index in [1.54, 1.807) is 11.0 Å². The zero-order valence-corrected chi connectivity index (χ0v) is 11.7. The first-order valence-corrected chi connectivity index (χ1v) is 6.88. The molecule has 20 heavy (non-hydrogen) atoms. The number of aryl methyl sites for hydroxylation is 1. The molecular formula is C16H20N2O2. The van der Waals surface area contributed by atoms with Crippen LogP contribution in [0.15, 0.2) is 18.2 Å².